The van der Waals surface area contributed by atoms with Crippen LogP contribution in [0, 0.1) is 6.58 Å². The molecule has 1 radical (unpaired) electrons. The van der Waals surface area contributed by atoms with Gasteiger partial charge in [-0.25, -0.2) is 0 Å². The average molecular weight is 256 g/mol. The average Bonchev–Trinajstić information content (AvgIpc) is 2.02. The van der Waals surface area contributed by atoms with Crippen LogP contribution in [0.25, 0.3) is 0 Å². The second-order valence-corrected chi connectivity index (χ2v) is 4.16. The van der Waals surface area contributed by atoms with E-state index in [2.05, 4.69) is 0 Å². The molecule has 0 N–H and O–H groups in total. The van der Waals surface area contributed by atoms with Gasteiger partial charge in [0, 0.05) is 32.7 Å². The predicted octanol–water partition coefficient (Wildman–Crippen LogP) is 2.07. The summed E-state index contributed by atoms with van der Waals surface area (Å²) in [6.45, 7) is 13.4. The Kier molecular flexibility index (Phi) is 4.86. The first-order chi connectivity index (χ1) is 5.39. The first-order valence-electron chi connectivity index (χ1n) is 4.28. The zero-order chi connectivity index (χ0) is 9.41. The van der Waals surface area contributed by atoms with Crippen LogP contribution in [0.1, 0.15) is 27.7 Å². The van der Waals surface area contributed by atoms with Gasteiger partial charge in [-0.3, -0.25) is 6.08 Å². The van der Waals surface area contributed by atoms with E-state index in [0.29, 0.717) is 6.32 Å². The molecule has 13 heavy (non-hydrogen) atoms. The Bertz CT molecular complexity index is 176. The topological polar surface area (TPSA) is 18.5 Å². The van der Waals surface area contributed by atoms with Crippen molar-refractivity contribution >= 4 is 7.12 Å². The zero-order valence-corrected chi connectivity index (χ0v) is 11.7. The predicted molar refractivity (Wildman–Crippen MR) is 49.8 cm³/mol. The van der Waals surface area contributed by atoms with Gasteiger partial charge in [0.25, 0.3) is 0 Å². The van der Waals surface area contributed by atoms with Gasteiger partial charge in [-0.2, -0.15) is 0 Å². The van der Waals surface area contributed by atoms with Crippen LogP contribution in [-0.2, 0) is 42.0 Å². The van der Waals surface area contributed by atoms with Crippen LogP contribution in [0.2, 0.25) is 6.32 Å². The number of hydrogen-bond donors (Lipinski definition) is 0. The van der Waals surface area contributed by atoms with Gasteiger partial charge in [0.15, 0.2) is 0 Å². The summed E-state index contributed by atoms with van der Waals surface area (Å²) in [5, 5.41) is 0. The molecule has 1 saturated heterocycles. The van der Waals surface area contributed by atoms with Gasteiger partial charge in [-0.1, -0.05) is 0 Å². The molecule has 1 aliphatic heterocycles. The van der Waals surface area contributed by atoms with E-state index in [9.17, 15) is 0 Å². The SMILES string of the molecule is [CH-]=CCB1OC(C)(C)C(C)(C)O1.[Y]. The van der Waals surface area contributed by atoms with Crippen molar-refractivity contribution in [2.75, 3.05) is 0 Å². The molecule has 0 bridgehead atoms. The summed E-state index contributed by atoms with van der Waals surface area (Å²) in [6.07, 6.45) is 2.22. The van der Waals surface area contributed by atoms with Crippen LogP contribution in [0.15, 0.2) is 6.08 Å². The third-order valence-corrected chi connectivity index (χ3v) is 2.63. The summed E-state index contributed by atoms with van der Waals surface area (Å²) in [5.74, 6) is 0. The molecule has 0 atom stereocenters. The molecular weight excluding hydrogens is 240 g/mol. The van der Waals surface area contributed by atoms with Crippen LogP contribution < -0.4 is 0 Å². The van der Waals surface area contributed by atoms with E-state index in [1.54, 1.807) is 6.08 Å². The Morgan fingerprint density at radius 1 is 1.15 bits per heavy atom. The second-order valence-electron chi connectivity index (χ2n) is 4.16. The maximum atomic E-state index is 5.67. The van der Waals surface area contributed by atoms with Gasteiger partial charge in [0.05, 0.1) is 11.2 Å². The fourth-order valence-corrected chi connectivity index (χ4v) is 1.17. The quantitative estimate of drug-likeness (QED) is 0.556. The van der Waals surface area contributed by atoms with E-state index in [-0.39, 0.29) is 51.0 Å². The molecule has 2 nitrogen and oxygen atoms in total. The van der Waals surface area contributed by atoms with Crippen LogP contribution in [-0.4, -0.2) is 18.3 Å². The second kappa shape index (κ2) is 4.57. The van der Waals surface area contributed by atoms with Crippen molar-refractivity contribution in [3.8, 4) is 0 Å². The van der Waals surface area contributed by atoms with Crippen molar-refractivity contribution in [2.24, 2.45) is 0 Å². The minimum Gasteiger partial charge on any atom is -0.518 e. The van der Waals surface area contributed by atoms with E-state index in [1.807, 2.05) is 27.7 Å². The van der Waals surface area contributed by atoms with Crippen LogP contribution in [0.4, 0.5) is 0 Å². The van der Waals surface area contributed by atoms with Crippen molar-refractivity contribution < 1.29 is 42.0 Å². The Balaban J connectivity index is 0.00000144. The molecule has 0 unspecified atom stereocenters. The molecule has 1 rings (SSSR count). The standard InChI is InChI=1S/C9H16BO2.Y/c1-6-7-10-11-8(2,3)9(4,5)12-10;/h1,6H,7H2,2-5H3;/q-1;. The molecule has 71 valence electrons. The summed E-state index contributed by atoms with van der Waals surface area (Å²) >= 11 is 0. The van der Waals surface area contributed by atoms with Gasteiger partial charge < -0.3 is 15.9 Å². The number of allylic oxidation sites excluding steroid dienone is 1. The molecule has 0 aromatic heterocycles. The van der Waals surface area contributed by atoms with Gasteiger partial charge in [0.2, 0.25) is 0 Å². The first kappa shape index (κ1) is 13.8. The third-order valence-electron chi connectivity index (χ3n) is 2.63. The summed E-state index contributed by atoms with van der Waals surface area (Å²) in [7, 11) is -0.181. The molecule has 0 aliphatic carbocycles. The fraction of sp³-hybridized carbons (Fsp3) is 0.778. The monoisotopic (exact) mass is 256 g/mol. The maximum Gasteiger partial charge on any atom is 0.458 e. The molecule has 0 aromatic carbocycles. The van der Waals surface area contributed by atoms with Crippen molar-refractivity contribution in [2.45, 2.75) is 45.2 Å². The molecular formula is C9H16BO2Y-. The molecule has 1 aliphatic rings. The van der Waals surface area contributed by atoms with Crippen LogP contribution in [0.5, 0.6) is 0 Å². The molecule has 0 aromatic rings. The van der Waals surface area contributed by atoms with Gasteiger partial charge in [-0.15, -0.1) is 0 Å². The summed E-state index contributed by atoms with van der Waals surface area (Å²) in [6, 6.07) is 0. The Morgan fingerprint density at radius 3 is 1.85 bits per heavy atom. The Morgan fingerprint density at radius 2 is 1.54 bits per heavy atom. The van der Waals surface area contributed by atoms with E-state index in [4.69, 9.17) is 15.9 Å². The molecule has 1 fully saturated rings. The third kappa shape index (κ3) is 2.89. The van der Waals surface area contributed by atoms with E-state index in [0.717, 1.165) is 0 Å². The molecule has 1 heterocycles. The molecule has 0 spiro atoms. The summed E-state index contributed by atoms with van der Waals surface area (Å²) in [5.41, 5.74) is -0.471. The largest absolute Gasteiger partial charge is 0.518 e. The summed E-state index contributed by atoms with van der Waals surface area (Å²) < 4.78 is 11.3. The van der Waals surface area contributed by atoms with Gasteiger partial charge in [0.1, 0.15) is 0 Å². The minimum atomic E-state index is -0.235. The van der Waals surface area contributed by atoms with E-state index in [1.165, 1.54) is 0 Å². The summed E-state index contributed by atoms with van der Waals surface area (Å²) in [4.78, 5) is 0. The Labute approximate surface area is 106 Å². The van der Waals surface area contributed by atoms with Crippen LogP contribution in [0.3, 0.4) is 0 Å². The van der Waals surface area contributed by atoms with Gasteiger partial charge in [-0.05, 0) is 34.0 Å². The van der Waals surface area contributed by atoms with Crippen molar-refractivity contribution in [3.63, 3.8) is 0 Å². The first-order valence-corrected chi connectivity index (χ1v) is 4.28. The fourth-order valence-electron chi connectivity index (χ4n) is 1.17. The normalized spacial score (nSPS) is 23.8. The van der Waals surface area contributed by atoms with E-state index >= 15 is 0 Å². The molecule has 4 heteroatoms. The van der Waals surface area contributed by atoms with Crippen molar-refractivity contribution in [3.05, 3.63) is 12.7 Å². The van der Waals surface area contributed by atoms with Gasteiger partial charge >= 0.3 is 7.12 Å². The molecule has 0 saturated carbocycles. The Hall–Kier alpha value is 0.829. The number of rotatable bonds is 2. The van der Waals surface area contributed by atoms with Crippen molar-refractivity contribution in [1.82, 2.24) is 0 Å². The molecule has 0 amide bonds. The maximum absolute atomic E-state index is 5.67. The minimum absolute atomic E-state index is 0. The zero-order valence-electron chi connectivity index (χ0n) is 8.83. The smallest absolute Gasteiger partial charge is 0.458 e. The van der Waals surface area contributed by atoms with E-state index < -0.39 is 0 Å². The number of hydrogen-bond acceptors (Lipinski definition) is 2. The van der Waals surface area contributed by atoms with Crippen molar-refractivity contribution in [1.29, 1.82) is 0 Å². The van der Waals surface area contributed by atoms with Crippen LogP contribution >= 0.6 is 0 Å².